The van der Waals surface area contributed by atoms with Crippen LogP contribution >= 0.6 is 0 Å². The lowest BCUT2D eigenvalue weighted by Crippen LogP contribution is -2.44. The van der Waals surface area contributed by atoms with E-state index in [9.17, 15) is 4.79 Å². The Kier molecular flexibility index (Phi) is 6.11. The molecule has 2 aromatic rings. The molecule has 2 aliphatic heterocycles. The van der Waals surface area contributed by atoms with Crippen molar-refractivity contribution in [2.75, 3.05) is 31.6 Å². The third-order valence-electron chi connectivity index (χ3n) is 6.24. The molecule has 0 unspecified atom stereocenters. The van der Waals surface area contributed by atoms with Crippen molar-refractivity contribution in [1.82, 2.24) is 4.90 Å². The van der Waals surface area contributed by atoms with Gasteiger partial charge < -0.3 is 14.8 Å². The third-order valence-corrected chi connectivity index (χ3v) is 6.24. The summed E-state index contributed by atoms with van der Waals surface area (Å²) in [4.78, 5) is 14.7. The molecule has 2 heterocycles. The van der Waals surface area contributed by atoms with Gasteiger partial charge in [0.2, 0.25) is 5.91 Å². The van der Waals surface area contributed by atoms with E-state index in [1.807, 2.05) is 54.6 Å². The highest BCUT2D eigenvalue weighted by Crippen LogP contribution is 2.46. The molecule has 1 amide bonds. The minimum atomic E-state index is -0.00345. The number of carbonyl (C=O) groups excluding carboxylic acids is 1. The van der Waals surface area contributed by atoms with Crippen molar-refractivity contribution in [3.8, 4) is 5.75 Å². The topological polar surface area (TPSA) is 50.8 Å². The molecular weight excluding hydrogens is 376 g/mol. The van der Waals surface area contributed by atoms with Gasteiger partial charge >= 0.3 is 0 Å². The number of piperidine rings is 1. The van der Waals surface area contributed by atoms with Gasteiger partial charge in [0, 0.05) is 5.69 Å². The number of amides is 1. The van der Waals surface area contributed by atoms with E-state index in [1.54, 1.807) is 0 Å². The molecule has 5 nitrogen and oxygen atoms in total. The molecule has 4 rings (SSSR count). The van der Waals surface area contributed by atoms with E-state index in [0.717, 1.165) is 56.0 Å². The molecule has 2 saturated heterocycles. The molecule has 30 heavy (non-hydrogen) atoms. The Labute approximate surface area is 179 Å². The first-order chi connectivity index (χ1) is 14.4. The molecule has 5 heteroatoms. The first-order valence-corrected chi connectivity index (χ1v) is 10.8. The lowest BCUT2D eigenvalue weighted by Gasteiger charge is -2.38. The zero-order valence-corrected chi connectivity index (χ0v) is 18.0. The summed E-state index contributed by atoms with van der Waals surface area (Å²) in [5.74, 6) is 0.826. The van der Waals surface area contributed by atoms with Crippen LogP contribution in [0.4, 0.5) is 5.69 Å². The van der Waals surface area contributed by atoms with Crippen LogP contribution in [0.1, 0.15) is 38.7 Å². The maximum Gasteiger partial charge on any atom is 0.238 e. The summed E-state index contributed by atoms with van der Waals surface area (Å²) in [5.41, 5.74) is 2.24. The van der Waals surface area contributed by atoms with Crippen molar-refractivity contribution >= 4 is 11.6 Å². The molecular formula is C25H32N2O3. The summed E-state index contributed by atoms with van der Waals surface area (Å²) in [5, 5.41) is 3.00. The van der Waals surface area contributed by atoms with Crippen LogP contribution in [0.25, 0.3) is 0 Å². The van der Waals surface area contributed by atoms with E-state index in [4.69, 9.17) is 9.47 Å². The van der Waals surface area contributed by atoms with Crippen LogP contribution in [0.15, 0.2) is 54.6 Å². The number of rotatable bonds is 6. The van der Waals surface area contributed by atoms with Crippen LogP contribution in [0, 0.1) is 5.41 Å². The standard InChI is InChI=1S/C25H32N2O3/c1-24(2)18-25(19-30-24)12-14-27(15-13-25)16-23(28)26-21-8-10-22(11-9-21)29-17-20-6-4-3-5-7-20/h3-11H,12-19H2,1-2H3,(H,26,28). The van der Waals surface area contributed by atoms with Gasteiger partial charge in [-0.1, -0.05) is 30.3 Å². The molecule has 0 radical (unpaired) electrons. The van der Waals surface area contributed by atoms with Crippen molar-refractivity contribution in [2.45, 2.75) is 45.3 Å². The number of ether oxygens (including phenoxy) is 2. The molecule has 2 aliphatic rings. The second-order valence-corrected chi connectivity index (χ2v) is 9.35. The smallest absolute Gasteiger partial charge is 0.238 e. The Bertz CT molecular complexity index is 840. The quantitative estimate of drug-likeness (QED) is 0.765. The normalized spacial score (nSPS) is 20.2. The van der Waals surface area contributed by atoms with Gasteiger partial charge in [0.15, 0.2) is 0 Å². The number of nitrogens with one attached hydrogen (secondary N) is 1. The highest BCUT2D eigenvalue weighted by Gasteiger charge is 2.45. The summed E-state index contributed by atoms with van der Waals surface area (Å²) >= 11 is 0. The lowest BCUT2D eigenvalue weighted by atomic mass is 9.74. The van der Waals surface area contributed by atoms with Crippen LogP contribution in [0.2, 0.25) is 0 Å². The summed E-state index contributed by atoms with van der Waals surface area (Å²) in [7, 11) is 0. The zero-order valence-electron chi connectivity index (χ0n) is 18.0. The molecule has 0 saturated carbocycles. The number of likely N-dealkylation sites (tertiary alicyclic amines) is 1. The molecule has 0 atom stereocenters. The minimum Gasteiger partial charge on any atom is -0.489 e. The van der Waals surface area contributed by atoms with Crippen LogP contribution in [0.5, 0.6) is 5.75 Å². The third kappa shape index (κ3) is 5.41. The highest BCUT2D eigenvalue weighted by atomic mass is 16.5. The SMILES string of the molecule is CC1(C)CC2(CCN(CC(=O)Nc3ccc(OCc4ccccc4)cc3)CC2)CO1. The number of benzene rings is 2. The van der Waals surface area contributed by atoms with Gasteiger partial charge in [-0.3, -0.25) is 9.69 Å². The Morgan fingerprint density at radius 1 is 1.07 bits per heavy atom. The van der Waals surface area contributed by atoms with Crippen LogP contribution in [0.3, 0.4) is 0 Å². The second-order valence-electron chi connectivity index (χ2n) is 9.35. The van der Waals surface area contributed by atoms with Crippen molar-refractivity contribution < 1.29 is 14.3 Å². The average Bonchev–Trinajstić information content (AvgIpc) is 3.04. The Morgan fingerprint density at radius 2 is 1.77 bits per heavy atom. The van der Waals surface area contributed by atoms with Crippen LogP contribution < -0.4 is 10.1 Å². The van der Waals surface area contributed by atoms with Gasteiger partial charge in [-0.05, 0) is 81.4 Å². The Morgan fingerprint density at radius 3 is 2.40 bits per heavy atom. The van der Waals surface area contributed by atoms with Crippen molar-refractivity contribution in [3.63, 3.8) is 0 Å². The van der Waals surface area contributed by atoms with Crippen molar-refractivity contribution in [2.24, 2.45) is 5.41 Å². The van der Waals surface area contributed by atoms with Gasteiger partial charge in [-0.2, -0.15) is 0 Å². The largest absolute Gasteiger partial charge is 0.489 e. The number of hydrogen-bond donors (Lipinski definition) is 1. The maximum atomic E-state index is 12.5. The number of nitrogens with zero attached hydrogens (tertiary/aromatic N) is 1. The lowest BCUT2D eigenvalue weighted by molar-refractivity contribution is -0.117. The second kappa shape index (κ2) is 8.78. The fourth-order valence-corrected chi connectivity index (χ4v) is 4.64. The predicted molar refractivity (Wildman–Crippen MR) is 119 cm³/mol. The number of carbonyl (C=O) groups is 1. The fraction of sp³-hybridized carbons (Fsp3) is 0.480. The highest BCUT2D eigenvalue weighted by molar-refractivity contribution is 5.92. The summed E-state index contributed by atoms with van der Waals surface area (Å²) in [6.45, 7) is 8.11. The molecule has 0 aromatic heterocycles. The summed E-state index contributed by atoms with van der Waals surface area (Å²) < 4.78 is 11.8. The van der Waals surface area contributed by atoms with Crippen LogP contribution in [-0.2, 0) is 16.1 Å². The molecule has 0 bridgehead atoms. The molecule has 0 aliphatic carbocycles. The zero-order chi connectivity index (χ0) is 21.0. The molecule has 160 valence electrons. The minimum absolute atomic E-state index is 0.00345. The maximum absolute atomic E-state index is 12.5. The fourth-order valence-electron chi connectivity index (χ4n) is 4.64. The summed E-state index contributed by atoms with van der Waals surface area (Å²) in [6, 6.07) is 17.6. The van der Waals surface area contributed by atoms with E-state index in [0.29, 0.717) is 18.6 Å². The first kappa shape index (κ1) is 20.9. The average molecular weight is 409 g/mol. The van der Waals surface area contributed by atoms with Gasteiger partial charge in [0.05, 0.1) is 18.8 Å². The predicted octanol–water partition coefficient (Wildman–Crippen LogP) is 4.49. The van der Waals surface area contributed by atoms with Crippen LogP contribution in [-0.4, -0.2) is 42.6 Å². The van der Waals surface area contributed by atoms with E-state index in [1.165, 1.54) is 0 Å². The number of anilines is 1. The number of hydrogen-bond acceptors (Lipinski definition) is 4. The van der Waals surface area contributed by atoms with E-state index < -0.39 is 0 Å². The Hall–Kier alpha value is -2.37. The Balaban J connectivity index is 1.21. The molecule has 1 spiro atoms. The van der Waals surface area contributed by atoms with Gasteiger partial charge in [-0.15, -0.1) is 0 Å². The van der Waals surface area contributed by atoms with Gasteiger partial charge in [-0.25, -0.2) is 0 Å². The van der Waals surface area contributed by atoms with E-state index in [-0.39, 0.29) is 11.5 Å². The van der Waals surface area contributed by atoms with Gasteiger partial charge in [0.25, 0.3) is 0 Å². The summed E-state index contributed by atoms with van der Waals surface area (Å²) in [6.07, 6.45) is 3.34. The van der Waals surface area contributed by atoms with E-state index >= 15 is 0 Å². The van der Waals surface area contributed by atoms with Crippen molar-refractivity contribution in [3.05, 3.63) is 60.2 Å². The molecule has 2 fully saturated rings. The van der Waals surface area contributed by atoms with Crippen molar-refractivity contribution in [1.29, 1.82) is 0 Å². The monoisotopic (exact) mass is 408 g/mol. The first-order valence-electron chi connectivity index (χ1n) is 10.8. The molecule has 2 aromatic carbocycles. The van der Waals surface area contributed by atoms with E-state index in [2.05, 4.69) is 24.1 Å². The molecule has 1 N–H and O–H groups in total. The van der Waals surface area contributed by atoms with Gasteiger partial charge in [0.1, 0.15) is 12.4 Å².